The van der Waals surface area contributed by atoms with E-state index in [9.17, 15) is 4.79 Å². The van der Waals surface area contributed by atoms with E-state index in [2.05, 4.69) is 25.3 Å². The van der Waals surface area contributed by atoms with Gasteiger partial charge in [-0.1, -0.05) is 11.8 Å². The van der Waals surface area contributed by atoms with Crippen LogP contribution in [0.5, 0.6) is 0 Å². The molecule has 2 N–H and O–H groups in total. The minimum atomic E-state index is -0.216. The second kappa shape index (κ2) is 4.93. The van der Waals surface area contributed by atoms with Gasteiger partial charge in [0.25, 0.3) is 0 Å². The first kappa shape index (κ1) is 12.8. The van der Waals surface area contributed by atoms with E-state index in [4.69, 9.17) is 0 Å². The van der Waals surface area contributed by atoms with Gasteiger partial charge in [0.05, 0.1) is 12.1 Å². The molecule has 0 saturated carbocycles. The molecule has 6 nitrogen and oxygen atoms in total. The van der Waals surface area contributed by atoms with E-state index >= 15 is 0 Å². The van der Waals surface area contributed by atoms with Gasteiger partial charge in [-0.3, -0.25) is 4.79 Å². The van der Waals surface area contributed by atoms with Crippen molar-refractivity contribution in [3.8, 4) is 0 Å². The van der Waals surface area contributed by atoms with Crippen molar-refractivity contribution in [2.24, 2.45) is 0 Å². The van der Waals surface area contributed by atoms with Gasteiger partial charge < -0.3 is 10.3 Å². The Labute approximate surface area is 109 Å². The number of aromatic amines is 1. The van der Waals surface area contributed by atoms with Crippen LogP contribution in [0.3, 0.4) is 0 Å². The third-order valence-corrected chi connectivity index (χ3v) is 3.03. The van der Waals surface area contributed by atoms with Crippen LogP contribution in [-0.2, 0) is 4.79 Å². The molecule has 0 aromatic carbocycles. The van der Waals surface area contributed by atoms with Crippen LogP contribution in [0.1, 0.15) is 20.8 Å². The fraction of sp³-hybridized carbons (Fsp3) is 0.455. The van der Waals surface area contributed by atoms with Crippen LogP contribution >= 0.6 is 11.8 Å². The zero-order valence-corrected chi connectivity index (χ0v) is 11.3. The highest BCUT2D eigenvalue weighted by atomic mass is 32.2. The third-order valence-electron chi connectivity index (χ3n) is 2.04. The number of thioether (sulfide) groups is 1. The van der Waals surface area contributed by atoms with Gasteiger partial charge >= 0.3 is 0 Å². The largest absolute Gasteiger partial charge is 0.351 e. The Morgan fingerprint density at radius 3 is 2.89 bits per heavy atom. The Hall–Kier alpha value is -1.63. The number of rotatable bonds is 3. The summed E-state index contributed by atoms with van der Waals surface area (Å²) in [7, 11) is 0. The summed E-state index contributed by atoms with van der Waals surface area (Å²) in [6, 6.07) is 0. The van der Waals surface area contributed by atoms with Crippen molar-refractivity contribution in [3.63, 3.8) is 0 Å². The molecule has 0 aliphatic carbocycles. The first-order valence-electron chi connectivity index (χ1n) is 5.53. The topological polar surface area (TPSA) is 83.6 Å². The number of H-pyrrole nitrogens is 1. The average Bonchev–Trinajstić information content (AvgIpc) is 2.72. The summed E-state index contributed by atoms with van der Waals surface area (Å²) in [6.07, 6.45) is 3.02. The molecule has 1 amide bonds. The van der Waals surface area contributed by atoms with Crippen molar-refractivity contribution in [1.29, 1.82) is 0 Å². The molecule has 0 radical (unpaired) electrons. The Balaban J connectivity index is 2.02. The van der Waals surface area contributed by atoms with Crippen molar-refractivity contribution in [2.45, 2.75) is 31.3 Å². The number of fused-ring (bicyclic) bond motifs is 1. The van der Waals surface area contributed by atoms with Gasteiger partial charge in [-0.25, -0.2) is 15.0 Å². The van der Waals surface area contributed by atoms with Crippen LogP contribution in [0.2, 0.25) is 0 Å². The number of aromatic nitrogens is 4. The van der Waals surface area contributed by atoms with Crippen LogP contribution in [0.25, 0.3) is 11.2 Å². The number of nitrogens with zero attached hydrogens (tertiary/aromatic N) is 3. The highest BCUT2D eigenvalue weighted by Gasteiger charge is 2.15. The zero-order chi connectivity index (χ0) is 13.2. The van der Waals surface area contributed by atoms with E-state index in [1.807, 2.05) is 20.8 Å². The van der Waals surface area contributed by atoms with Crippen molar-refractivity contribution in [2.75, 3.05) is 5.75 Å². The highest BCUT2D eigenvalue weighted by Crippen LogP contribution is 2.21. The van der Waals surface area contributed by atoms with Crippen LogP contribution in [0, 0.1) is 0 Å². The molecule has 7 heteroatoms. The van der Waals surface area contributed by atoms with E-state index in [0.717, 1.165) is 10.5 Å². The number of imidazole rings is 1. The molecule has 0 atom stereocenters. The molecule has 0 unspecified atom stereocenters. The van der Waals surface area contributed by atoms with Crippen LogP contribution in [0.4, 0.5) is 0 Å². The normalized spacial score (nSPS) is 11.7. The molecular formula is C11H15N5OS. The average molecular weight is 265 g/mol. The maximum absolute atomic E-state index is 11.7. The van der Waals surface area contributed by atoms with Crippen molar-refractivity contribution in [1.82, 2.24) is 25.3 Å². The molecule has 2 rings (SSSR count). The first-order chi connectivity index (χ1) is 8.46. The quantitative estimate of drug-likeness (QED) is 0.646. The lowest BCUT2D eigenvalue weighted by Gasteiger charge is -2.20. The molecule has 0 bridgehead atoms. The molecule has 0 spiro atoms. The predicted molar refractivity (Wildman–Crippen MR) is 70.3 cm³/mol. The third kappa shape index (κ3) is 3.19. The van der Waals surface area contributed by atoms with E-state index < -0.39 is 0 Å². The number of carbonyl (C=O) groups is 1. The maximum atomic E-state index is 11.7. The Kier molecular flexibility index (Phi) is 3.51. The first-order valence-corrected chi connectivity index (χ1v) is 6.52. The molecule has 0 aliphatic heterocycles. The van der Waals surface area contributed by atoms with Gasteiger partial charge in [-0.2, -0.15) is 0 Å². The van der Waals surface area contributed by atoms with Gasteiger partial charge in [0.1, 0.15) is 16.9 Å². The van der Waals surface area contributed by atoms with Gasteiger partial charge in [-0.05, 0) is 20.8 Å². The summed E-state index contributed by atoms with van der Waals surface area (Å²) < 4.78 is 0. The lowest BCUT2D eigenvalue weighted by molar-refractivity contribution is -0.119. The standard InChI is InChI=1S/C11H15N5OS/c1-11(2,3)16-7(17)4-18-10-8-9(13-5-12-8)14-6-15-10/h5-6H,4H2,1-3H3,(H,16,17)(H,12,13,14,15). The van der Waals surface area contributed by atoms with Crippen LogP contribution in [0.15, 0.2) is 17.7 Å². The Bertz CT molecular complexity index is 560. The molecule has 2 aromatic rings. The summed E-state index contributed by atoms with van der Waals surface area (Å²) >= 11 is 1.37. The number of hydrogen-bond acceptors (Lipinski definition) is 5. The summed E-state index contributed by atoms with van der Waals surface area (Å²) in [6.45, 7) is 5.86. The zero-order valence-electron chi connectivity index (χ0n) is 10.5. The molecule has 0 saturated heterocycles. The Morgan fingerprint density at radius 2 is 2.17 bits per heavy atom. The van der Waals surface area contributed by atoms with Crippen LogP contribution in [-0.4, -0.2) is 37.1 Å². The summed E-state index contributed by atoms with van der Waals surface area (Å²) in [4.78, 5) is 26.9. The molecule has 2 heterocycles. The second-order valence-electron chi connectivity index (χ2n) is 4.87. The predicted octanol–water partition coefficient (Wildman–Crippen LogP) is 1.36. The van der Waals surface area contributed by atoms with Gasteiger partial charge in [0, 0.05) is 5.54 Å². The van der Waals surface area contributed by atoms with Gasteiger partial charge in [-0.15, -0.1) is 0 Å². The maximum Gasteiger partial charge on any atom is 0.230 e. The van der Waals surface area contributed by atoms with Gasteiger partial charge in [0.2, 0.25) is 5.91 Å². The smallest absolute Gasteiger partial charge is 0.230 e. The van der Waals surface area contributed by atoms with Gasteiger partial charge in [0.15, 0.2) is 5.65 Å². The van der Waals surface area contributed by atoms with E-state index in [1.165, 1.54) is 18.1 Å². The van der Waals surface area contributed by atoms with E-state index in [1.54, 1.807) is 6.33 Å². The molecular weight excluding hydrogens is 250 g/mol. The minimum Gasteiger partial charge on any atom is -0.351 e. The lowest BCUT2D eigenvalue weighted by atomic mass is 10.1. The Morgan fingerprint density at radius 1 is 1.39 bits per heavy atom. The number of hydrogen-bond donors (Lipinski definition) is 2. The monoisotopic (exact) mass is 265 g/mol. The second-order valence-corrected chi connectivity index (χ2v) is 5.83. The SMILES string of the molecule is CC(C)(C)NC(=O)CSc1ncnc2nc[nH]c12. The summed E-state index contributed by atoms with van der Waals surface area (Å²) in [5.41, 5.74) is 1.17. The number of amides is 1. The van der Waals surface area contributed by atoms with Crippen LogP contribution < -0.4 is 5.32 Å². The van der Waals surface area contributed by atoms with E-state index in [-0.39, 0.29) is 11.4 Å². The lowest BCUT2D eigenvalue weighted by Crippen LogP contribution is -2.41. The van der Waals surface area contributed by atoms with E-state index in [0.29, 0.717) is 11.4 Å². The minimum absolute atomic E-state index is 0.0150. The fourth-order valence-electron chi connectivity index (χ4n) is 1.44. The fourth-order valence-corrected chi connectivity index (χ4v) is 2.20. The molecule has 2 aromatic heterocycles. The molecule has 18 heavy (non-hydrogen) atoms. The molecule has 0 aliphatic rings. The highest BCUT2D eigenvalue weighted by molar-refractivity contribution is 8.00. The number of carbonyl (C=O) groups excluding carboxylic acids is 1. The number of nitrogens with one attached hydrogen (secondary N) is 2. The van der Waals surface area contributed by atoms with Crippen molar-refractivity contribution in [3.05, 3.63) is 12.7 Å². The molecule has 0 fully saturated rings. The van der Waals surface area contributed by atoms with Crippen molar-refractivity contribution < 1.29 is 4.79 Å². The summed E-state index contributed by atoms with van der Waals surface area (Å²) in [5, 5.41) is 3.64. The molecule has 96 valence electrons. The van der Waals surface area contributed by atoms with Crippen molar-refractivity contribution >= 4 is 28.8 Å². The summed E-state index contributed by atoms with van der Waals surface area (Å²) in [5.74, 6) is 0.307.